The molecule has 1 aliphatic heterocycles. The van der Waals surface area contributed by atoms with Crippen molar-refractivity contribution in [3.8, 4) is 0 Å². The van der Waals surface area contributed by atoms with Gasteiger partial charge < -0.3 is 5.32 Å². The van der Waals surface area contributed by atoms with Crippen LogP contribution in [0.5, 0.6) is 0 Å². The van der Waals surface area contributed by atoms with E-state index in [1.807, 2.05) is 13.0 Å². The number of nitrogens with zero attached hydrogens (tertiary/aromatic N) is 1. The van der Waals surface area contributed by atoms with Crippen molar-refractivity contribution < 1.29 is 17.6 Å². The number of piperidine rings is 1. The topological polar surface area (TPSA) is 66.5 Å². The van der Waals surface area contributed by atoms with Gasteiger partial charge in [0.25, 0.3) is 0 Å². The van der Waals surface area contributed by atoms with E-state index in [0.29, 0.717) is 23.6 Å². The Balaban J connectivity index is 1.62. The Hall–Kier alpha value is -1.96. The fraction of sp³-hybridized carbons (Fsp3) is 0.316. The van der Waals surface area contributed by atoms with Crippen LogP contribution in [0.2, 0.25) is 5.02 Å². The summed E-state index contributed by atoms with van der Waals surface area (Å²) in [7, 11) is -3.68. The molecule has 0 saturated carbocycles. The minimum absolute atomic E-state index is 0.0539. The number of rotatable bonds is 4. The molecular weight excluding hydrogens is 391 g/mol. The van der Waals surface area contributed by atoms with Gasteiger partial charge in [-0.15, -0.1) is 0 Å². The number of halogens is 2. The summed E-state index contributed by atoms with van der Waals surface area (Å²) < 4.78 is 39.6. The van der Waals surface area contributed by atoms with E-state index in [2.05, 4.69) is 5.32 Å². The van der Waals surface area contributed by atoms with Crippen LogP contribution in [-0.4, -0.2) is 31.7 Å². The van der Waals surface area contributed by atoms with Gasteiger partial charge in [0.1, 0.15) is 5.82 Å². The van der Waals surface area contributed by atoms with Gasteiger partial charge in [0, 0.05) is 19.0 Å². The second kappa shape index (κ2) is 7.96. The van der Waals surface area contributed by atoms with E-state index in [4.69, 9.17) is 11.6 Å². The molecule has 1 N–H and O–H groups in total. The van der Waals surface area contributed by atoms with Crippen LogP contribution in [0.1, 0.15) is 18.4 Å². The lowest BCUT2D eigenvalue weighted by Gasteiger charge is -2.30. The third-order valence-corrected chi connectivity index (χ3v) is 6.88. The quantitative estimate of drug-likeness (QED) is 0.833. The number of amides is 1. The molecule has 0 aromatic heterocycles. The average molecular weight is 411 g/mol. The van der Waals surface area contributed by atoms with Gasteiger partial charge >= 0.3 is 0 Å². The molecule has 2 aromatic rings. The highest BCUT2D eigenvalue weighted by Gasteiger charge is 2.32. The van der Waals surface area contributed by atoms with Gasteiger partial charge in [0.2, 0.25) is 15.9 Å². The second-order valence-electron chi connectivity index (χ2n) is 6.60. The predicted molar refractivity (Wildman–Crippen MR) is 103 cm³/mol. The van der Waals surface area contributed by atoms with Crippen LogP contribution in [0, 0.1) is 18.7 Å². The number of benzene rings is 2. The first-order chi connectivity index (χ1) is 12.8. The molecule has 8 heteroatoms. The number of aryl methyl sites for hydroxylation is 1. The normalized spacial score (nSPS) is 16.3. The molecule has 2 aromatic carbocycles. The first-order valence-electron chi connectivity index (χ1n) is 8.60. The Morgan fingerprint density at radius 2 is 1.78 bits per heavy atom. The average Bonchev–Trinajstić information content (AvgIpc) is 2.64. The van der Waals surface area contributed by atoms with Crippen molar-refractivity contribution in [1.82, 2.24) is 4.31 Å². The Bertz CT molecular complexity index is 940. The Kier molecular flexibility index (Phi) is 5.83. The summed E-state index contributed by atoms with van der Waals surface area (Å²) in [6, 6.07) is 10.1. The summed E-state index contributed by atoms with van der Waals surface area (Å²) in [5, 5.41) is 3.29. The van der Waals surface area contributed by atoms with Crippen molar-refractivity contribution in [2.45, 2.75) is 24.7 Å². The van der Waals surface area contributed by atoms with E-state index in [-0.39, 0.29) is 29.8 Å². The molecule has 3 rings (SSSR count). The summed E-state index contributed by atoms with van der Waals surface area (Å²) in [6.45, 7) is 2.38. The summed E-state index contributed by atoms with van der Waals surface area (Å²) in [5.41, 5.74) is 1.55. The first-order valence-corrected chi connectivity index (χ1v) is 10.4. The minimum atomic E-state index is -3.68. The molecule has 144 valence electrons. The standard InChI is InChI=1S/C19H20ClFN2O3S/c1-13-2-7-18(17(20)12-13)22-19(24)14-8-10-23(11-9-14)27(25,26)16-5-3-15(21)4-6-16/h2-7,12,14H,8-11H2,1H3,(H,22,24). The zero-order valence-corrected chi connectivity index (χ0v) is 16.4. The maximum atomic E-state index is 13.0. The van der Waals surface area contributed by atoms with E-state index in [9.17, 15) is 17.6 Å². The van der Waals surface area contributed by atoms with Crippen molar-refractivity contribution in [2.75, 3.05) is 18.4 Å². The molecule has 0 bridgehead atoms. The summed E-state index contributed by atoms with van der Waals surface area (Å²) >= 11 is 6.15. The van der Waals surface area contributed by atoms with Crippen molar-refractivity contribution in [3.05, 3.63) is 58.9 Å². The molecule has 1 heterocycles. The van der Waals surface area contributed by atoms with Crippen LogP contribution in [0.3, 0.4) is 0 Å². The molecule has 0 spiro atoms. The van der Waals surface area contributed by atoms with Gasteiger partial charge in [0.05, 0.1) is 15.6 Å². The maximum Gasteiger partial charge on any atom is 0.243 e. The van der Waals surface area contributed by atoms with Gasteiger partial charge in [-0.3, -0.25) is 4.79 Å². The number of carbonyl (C=O) groups excluding carboxylic acids is 1. The molecule has 1 amide bonds. The molecule has 5 nitrogen and oxygen atoms in total. The summed E-state index contributed by atoms with van der Waals surface area (Å²) in [4.78, 5) is 12.5. The van der Waals surface area contributed by atoms with Gasteiger partial charge in [-0.1, -0.05) is 17.7 Å². The smallest absolute Gasteiger partial charge is 0.243 e. The fourth-order valence-electron chi connectivity index (χ4n) is 3.07. The molecule has 27 heavy (non-hydrogen) atoms. The maximum absolute atomic E-state index is 13.0. The van der Waals surface area contributed by atoms with Gasteiger partial charge in [-0.05, 0) is 61.7 Å². The number of carbonyl (C=O) groups is 1. The lowest BCUT2D eigenvalue weighted by atomic mass is 9.97. The summed E-state index contributed by atoms with van der Waals surface area (Å²) in [5.74, 6) is -0.944. The van der Waals surface area contributed by atoms with Crippen molar-refractivity contribution >= 4 is 33.2 Å². The van der Waals surface area contributed by atoms with E-state index in [0.717, 1.165) is 17.7 Å². The SMILES string of the molecule is Cc1ccc(NC(=O)C2CCN(S(=O)(=O)c3ccc(F)cc3)CC2)c(Cl)c1. The van der Waals surface area contributed by atoms with Crippen LogP contribution in [0.4, 0.5) is 10.1 Å². The van der Waals surface area contributed by atoms with E-state index in [1.54, 1.807) is 12.1 Å². The molecule has 0 atom stereocenters. The largest absolute Gasteiger partial charge is 0.325 e. The lowest BCUT2D eigenvalue weighted by Crippen LogP contribution is -2.41. The number of nitrogens with one attached hydrogen (secondary N) is 1. The fourth-order valence-corrected chi connectivity index (χ4v) is 4.82. The number of sulfonamides is 1. The van der Waals surface area contributed by atoms with Crippen LogP contribution in [-0.2, 0) is 14.8 Å². The molecular formula is C19H20ClFN2O3S. The highest BCUT2D eigenvalue weighted by Crippen LogP contribution is 2.27. The van der Waals surface area contributed by atoms with Crippen molar-refractivity contribution in [2.24, 2.45) is 5.92 Å². The number of hydrogen-bond acceptors (Lipinski definition) is 3. The second-order valence-corrected chi connectivity index (χ2v) is 8.95. The molecule has 1 saturated heterocycles. The Morgan fingerprint density at radius 3 is 2.37 bits per heavy atom. The highest BCUT2D eigenvalue weighted by atomic mass is 35.5. The van der Waals surface area contributed by atoms with Gasteiger partial charge in [0.15, 0.2) is 0 Å². The zero-order valence-electron chi connectivity index (χ0n) is 14.8. The number of hydrogen-bond donors (Lipinski definition) is 1. The molecule has 0 unspecified atom stereocenters. The highest BCUT2D eigenvalue weighted by molar-refractivity contribution is 7.89. The van der Waals surface area contributed by atoms with Gasteiger partial charge in [-0.25, -0.2) is 12.8 Å². The van der Waals surface area contributed by atoms with Crippen LogP contribution in [0.15, 0.2) is 47.4 Å². The third-order valence-electron chi connectivity index (χ3n) is 4.66. The van der Waals surface area contributed by atoms with E-state index < -0.39 is 15.8 Å². The molecule has 0 radical (unpaired) electrons. The molecule has 1 aliphatic rings. The van der Waals surface area contributed by atoms with Crippen LogP contribution in [0.25, 0.3) is 0 Å². The van der Waals surface area contributed by atoms with E-state index in [1.165, 1.54) is 16.4 Å². The van der Waals surface area contributed by atoms with Crippen LogP contribution >= 0.6 is 11.6 Å². The summed E-state index contributed by atoms with van der Waals surface area (Å²) in [6.07, 6.45) is 0.825. The minimum Gasteiger partial charge on any atom is -0.325 e. The predicted octanol–water partition coefficient (Wildman–Crippen LogP) is 3.83. The van der Waals surface area contributed by atoms with Crippen molar-refractivity contribution in [3.63, 3.8) is 0 Å². The first kappa shape index (κ1) is 19.8. The van der Waals surface area contributed by atoms with Crippen molar-refractivity contribution in [1.29, 1.82) is 0 Å². The van der Waals surface area contributed by atoms with Crippen LogP contribution < -0.4 is 5.32 Å². The Labute approximate surface area is 163 Å². The molecule has 0 aliphatic carbocycles. The lowest BCUT2D eigenvalue weighted by molar-refractivity contribution is -0.120. The Morgan fingerprint density at radius 1 is 1.15 bits per heavy atom. The monoisotopic (exact) mass is 410 g/mol. The number of anilines is 1. The van der Waals surface area contributed by atoms with Gasteiger partial charge in [-0.2, -0.15) is 4.31 Å². The third kappa shape index (κ3) is 4.48. The zero-order chi connectivity index (χ0) is 19.6. The van der Waals surface area contributed by atoms with E-state index >= 15 is 0 Å². The molecule has 1 fully saturated rings.